The molecule has 3 atom stereocenters. The first kappa shape index (κ1) is 14.2. The molecule has 1 aliphatic rings. The van der Waals surface area contributed by atoms with E-state index in [-0.39, 0.29) is 12.1 Å². The van der Waals surface area contributed by atoms with E-state index in [1.807, 2.05) is 25.1 Å². The van der Waals surface area contributed by atoms with E-state index in [1.54, 1.807) is 7.11 Å². The van der Waals surface area contributed by atoms with Gasteiger partial charge in [0.25, 0.3) is 0 Å². The van der Waals surface area contributed by atoms with Gasteiger partial charge in [0.2, 0.25) is 0 Å². The zero-order chi connectivity index (χ0) is 13.8. The molecule has 0 amide bonds. The molecule has 1 saturated heterocycles. The lowest BCUT2D eigenvalue weighted by atomic mass is 10.1. The van der Waals surface area contributed by atoms with Crippen molar-refractivity contribution in [3.63, 3.8) is 0 Å². The van der Waals surface area contributed by atoms with E-state index in [0.29, 0.717) is 12.7 Å². The Balaban J connectivity index is 2.04. The summed E-state index contributed by atoms with van der Waals surface area (Å²) in [6.45, 7) is 4.61. The van der Waals surface area contributed by atoms with E-state index in [2.05, 4.69) is 6.92 Å². The fraction of sp³-hybridized carbons (Fsp3) is 0.600. The van der Waals surface area contributed by atoms with Crippen molar-refractivity contribution in [2.45, 2.75) is 44.9 Å². The molecule has 106 valence electrons. The number of methoxy groups -OCH3 is 1. The fourth-order valence-electron chi connectivity index (χ4n) is 2.33. The van der Waals surface area contributed by atoms with Crippen molar-refractivity contribution < 1.29 is 14.2 Å². The molecular formula is C15H23NO3. The highest BCUT2D eigenvalue weighted by Crippen LogP contribution is 2.29. The molecule has 1 fully saturated rings. The zero-order valence-electron chi connectivity index (χ0n) is 11.9. The van der Waals surface area contributed by atoms with Crippen LogP contribution in [0.5, 0.6) is 11.5 Å². The predicted molar refractivity (Wildman–Crippen MR) is 74.7 cm³/mol. The first-order chi connectivity index (χ1) is 9.10. The molecular weight excluding hydrogens is 242 g/mol. The first-order valence-corrected chi connectivity index (χ1v) is 6.82. The number of ether oxygens (including phenoxy) is 3. The number of hydrogen-bond donors (Lipinski definition) is 1. The Morgan fingerprint density at radius 3 is 2.79 bits per heavy atom. The van der Waals surface area contributed by atoms with Crippen molar-refractivity contribution in [2.75, 3.05) is 13.7 Å². The van der Waals surface area contributed by atoms with Crippen LogP contribution in [-0.2, 0) is 4.74 Å². The lowest BCUT2D eigenvalue weighted by molar-refractivity contribution is 0.0261. The van der Waals surface area contributed by atoms with Crippen molar-refractivity contribution in [3.8, 4) is 11.5 Å². The van der Waals surface area contributed by atoms with Gasteiger partial charge in [0.05, 0.1) is 19.3 Å². The van der Waals surface area contributed by atoms with Gasteiger partial charge in [0.15, 0.2) is 0 Å². The van der Waals surface area contributed by atoms with Gasteiger partial charge < -0.3 is 19.9 Å². The normalized spacial score (nSPS) is 24.2. The second-order valence-corrected chi connectivity index (χ2v) is 5.15. The van der Waals surface area contributed by atoms with E-state index < -0.39 is 0 Å². The third kappa shape index (κ3) is 3.61. The highest BCUT2D eigenvalue weighted by atomic mass is 16.5. The monoisotopic (exact) mass is 265 g/mol. The fourth-order valence-corrected chi connectivity index (χ4v) is 2.33. The summed E-state index contributed by atoms with van der Waals surface area (Å²) in [5.41, 5.74) is 6.95. The smallest absolute Gasteiger partial charge is 0.127 e. The Morgan fingerprint density at radius 2 is 2.21 bits per heavy atom. The van der Waals surface area contributed by atoms with Gasteiger partial charge in [0.1, 0.15) is 18.1 Å². The molecule has 0 spiro atoms. The Morgan fingerprint density at radius 1 is 1.42 bits per heavy atom. The molecule has 1 heterocycles. The lowest BCUT2D eigenvalue weighted by Crippen LogP contribution is -2.19. The van der Waals surface area contributed by atoms with Crippen molar-refractivity contribution in [2.24, 2.45) is 5.73 Å². The van der Waals surface area contributed by atoms with Crippen LogP contribution in [0.25, 0.3) is 0 Å². The lowest BCUT2D eigenvalue weighted by Gasteiger charge is -2.17. The molecule has 0 aromatic heterocycles. The van der Waals surface area contributed by atoms with Gasteiger partial charge in [-0.15, -0.1) is 0 Å². The Hall–Kier alpha value is -1.26. The van der Waals surface area contributed by atoms with Crippen LogP contribution >= 0.6 is 0 Å². The topological polar surface area (TPSA) is 53.7 Å². The van der Waals surface area contributed by atoms with Crippen LogP contribution in [0.4, 0.5) is 0 Å². The molecule has 2 N–H and O–H groups in total. The summed E-state index contributed by atoms with van der Waals surface area (Å²) in [5.74, 6) is 1.57. The largest absolute Gasteiger partial charge is 0.497 e. The summed E-state index contributed by atoms with van der Waals surface area (Å²) in [5, 5.41) is 0. The summed E-state index contributed by atoms with van der Waals surface area (Å²) in [6.07, 6.45) is 2.68. The van der Waals surface area contributed by atoms with Crippen LogP contribution in [0.3, 0.4) is 0 Å². The summed E-state index contributed by atoms with van der Waals surface area (Å²) in [4.78, 5) is 0. The molecule has 0 saturated carbocycles. The maximum absolute atomic E-state index is 5.96. The van der Waals surface area contributed by atoms with Crippen molar-refractivity contribution in [3.05, 3.63) is 23.8 Å². The van der Waals surface area contributed by atoms with E-state index >= 15 is 0 Å². The Bertz CT molecular complexity index is 420. The van der Waals surface area contributed by atoms with Crippen molar-refractivity contribution in [1.82, 2.24) is 0 Å². The number of benzene rings is 1. The van der Waals surface area contributed by atoms with Gasteiger partial charge in [-0.25, -0.2) is 0 Å². The quantitative estimate of drug-likeness (QED) is 0.889. The van der Waals surface area contributed by atoms with Crippen LogP contribution in [0.1, 0.15) is 38.3 Å². The number of hydrogen-bond acceptors (Lipinski definition) is 4. The van der Waals surface area contributed by atoms with Crippen LogP contribution < -0.4 is 15.2 Å². The summed E-state index contributed by atoms with van der Waals surface area (Å²) >= 11 is 0. The molecule has 19 heavy (non-hydrogen) atoms. The molecule has 0 radical (unpaired) electrons. The van der Waals surface area contributed by atoms with Gasteiger partial charge in [-0.2, -0.15) is 0 Å². The minimum atomic E-state index is -0.0654. The van der Waals surface area contributed by atoms with Crippen LogP contribution in [0.2, 0.25) is 0 Å². The molecule has 4 nitrogen and oxygen atoms in total. The van der Waals surface area contributed by atoms with E-state index in [4.69, 9.17) is 19.9 Å². The molecule has 0 bridgehead atoms. The van der Waals surface area contributed by atoms with Gasteiger partial charge in [0, 0.05) is 17.7 Å². The highest BCUT2D eigenvalue weighted by Gasteiger charge is 2.22. The second kappa shape index (κ2) is 6.26. The van der Waals surface area contributed by atoms with E-state index in [1.165, 1.54) is 0 Å². The van der Waals surface area contributed by atoms with Crippen molar-refractivity contribution in [1.29, 1.82) is 0 Å². The summed E-state index contributed by atoms with van der Waals surface area (Å²) < 4.78 is 16.9. The molecule has 4 heteroatoms. The second-order valence-electron chi connectivity index (χ2n) is 5.15. The zero-order valence-corrected chi connectivity index (χ0v) is 11.9. The van der Waals surface area contributed by atoms with Gasteiger partial charge in [-0.1, -0.05) is 6.07 Å². The third-order valence-corrected chi connectivity index (χ3v) is 3.46. The van der Waals surface area contributed by atoms with Crippen LogP contribution in [0.15, 0.2) is 18.2 Å². The molecule has 0 aliphatic carbocycles. The Kier molecular flexibility index (Phi) is 4.66. The van der Waals surface area contributed by atoms with Crippen molar-refractivity contribution >= 4 is 0 Å². The molecule has 1 aromatic rings. The summed E-state index contributed by atoms with van der Waals surface area (Å²) in [6, 6.07) is 5.68. The minimum absolute atomic E-state index is 0.0654. The number of nitrogens with two attached hydrogens (primary N) is 1. The SMILES string of the molecule is COc1ccc(C(C)N)c(OCC2CCC(C)O2)c1. The van der Waals surface area contributed by atoms with E-state index in [0.717, 1.165) is 29.9 Å². The van der Waals surface area contributed by atoms with Gasteiger partial charge >= 0.3 is 0 Å². The highest BCUT2D eigenvalue weighted by molar-refractivity contribution is 5.42. The molecule has 1 aromatic carbocycles. The maximum atomic E-state index is 5.96. The number of rotatable bonds is 5. The third-order valence-electron chi connectivity index (χ3n) is 3.46. The first-order valence-electron chi connectivity index (χ1n) is 6.82. The molecule has 3 unspecified atom stereocenters. The van der Waals surface area contributed by atoms with Crippen LogP contribution in [0, 0.1) is 0 Å². The predicted octanol–water partition coefficient (Wildman–Crippen LogP) is 2.66. The summed E-state index contributed by atoms with van der Waals surface area (Å²) in [7, 11) is 1.65. The average molecular weight is 265 g/mol. The van der Waals surface area contributed by atoms with Crippen LogP contribution in [-0.4, -0.2) is 25.9 Å². The molecule has 2 rings (SSSR count). The average Bonchev–Trinajstić information content (AvgIpc) is 2.81. The maximum Gasteiger partial charge on any atom is 0.127 e. The van der Waals surface area contributed by atoms with Gasteiger partial charge in [-0.05, 0) is 32.8 Å². The van der Waals surface area contributed by atoms with E-state index in [9.17, 15) is 0 Å². The van der Waals surface area contributed by atoms with Gasteiger partial charge in [-0.3, -0.25) is 0 Å². The minimum Gasteiger partial charge on any atom is -0.497 e. The molecule has 1 aliphatic heterocycles. The standard InChI is InChI=1S/C15H23NO3/c1-10-4-5-13(19-10)9-18-15-8-12(17-3)6-7-14(15)11(2)16/h6-8,10-11,13H,4-5,9,16H2,1-3H3. The Labute approximate surface area is 114 Å².